The van der Waals surface area contributed by atoms with Crippen molar-refractivity contribution in [3.63, 3.8) is 0 Å². The molecule has 0 saturated carbocycles. The molecule has 4 heteroatoms. The Kier molecular flexibility index (Phi) is 4.46. The lowest BCUT2D eigenvalue weighted by atomic mass is 9.95. The van der Waals surface area contributed by atoms with E-state index in [2.05, 4.69) is 11.8 Å². The smallest absolute Gasteiger partial charge is 0.129 e. The molecule has 0 aromatic heterocycles. The molecule has 0 amide bonds. The lowest BCUT2D eigenvalue weighted by Crippen LogP contribution is -2.44. The van der Waals surface area contributed by atoms with Crippen molar-refractivity contribution in [2.24, 2.45) is 5.92 Å². The van der Waals surface area contributed by atoms with E-state index in [1.165, 1.54) is 6.07 Å². The Labute approximate surface area is 113 Å². The number of hydrogen-bond acceptors (Lipinski definition) is 2. The molecule has 2 atom stereocenters. The van der Waals surface area contributed by atoms with Crippen LogP contribution in [0, 0.1) is 11.7 Å². The van der Waals surface area contributed by atoms with Gasteiger partial charge in [-0.2, -0.15) is 0 Å². The van der Waals surface area contributed by atoms with Crippen molar-refractivity contribution >= 4 is 17.3 Å². The highest BCUT2D eigenvalue weighted by Gasteiger charge is 2.27. The van der Waals surface area contributed by atoms with E-state index < -0.39 is 0 Å². The molecule has 1 aromatic carbocycles. The molecular formula is C14H19ClFNO. The van der Waals surface area contributed by atoms with Crippen molar-refractivity contribution in [2.75, 3.05) is 25.1 Å². The third kappa shape index (κ3) is 2.62. The maximum Gasteiger partial charge on any atom is 0.129 e. The second-order valence-corrected chi connectivity index (χ2v) is 5.12. The Hall–Kier alpha value is -0.800. The number of piperidine rings is 1. The highest BCUT2D eigenvalue weighted by atomic mass is 35.5. The quantitative estimate of drug-likeness (QED) is 0.781. The number of alkyl halides is 1. The van der Waals surface area contributed by atoms with E-state index in [4.69, 9.17) is 16.3 Å². The molecule has 2 nitrogen and oxygen atoms in total. The fraction of sp³-hybridized carbons (Fsp3) is 0.571. The molecule has 0 bridgehead atoms. The summed E-state index contributed by atoms with van der Waals surface area (Å²) in [5.74, 6) is 0.514. The number of ether oxygens (including phenoxy) is 1. The summed E-state index contributed by atoms with van der Waals surface area (Å²) in [6.07, 6.45) is 1.25. The van der Waals surface area contributed by atoms with Crippen molar-refractivity contribution in [1.29, 1.82) is 0 Å². The molecule has 0 N–H and O–H groups in total. The maximum absolute atomic E-state index is 13.7. The van der Waals surface area contributed by atoms with Gasteiger partial charge in [-0.05, 0) is 24.5 Å². The number of hydrogen-bond donors (Lipinski definition) is 0. The van der Waals surface area contributed by atoms with Crippen LogP contribution in [0.1, 0.15) is 18.9 Å². The predicted octanol–water partition coefficient (Wildman–Crippen LogP) is 3.43. The van der Waals surface area contributed by atoms with Gasteiger partial charge in [0.15, 0.2) is 0 Å². The molecule has 1 aliphatic heterocycles. The molecule has 1 fully saturated rings. The normalized spacial score (nSPS) is 24.3. The zero-order chi connectivity index (χ0) is 13.1. The van der Waals surface area contributed by atoms with Gasteiger partial charge < -0.3 is 9.64 Å². The number of benzene rings is 1. The first-order valence-corrected chi connectivity index (χ1v) is 6.82. The van der Waals surface area contributed by atoms with Crippen LogP contribution in [0.4, 0.5) is 10.1 Å². The van der Waals surface area contributed by atoms with Crippen LogP contribution in [0.25, 0.3) is 0 Å². The van der Waals surface area contributed by atoms with Crippen molar-refractivity contribution in [1.82, 2.24) is 0 Å². The highest BCUT2D eigenvalue weighted by Crippen LogP contribution is 2.29. The maximum atomic E-state index is 13.7. The number of methoxy groups -OCH3 is 1. The van der Waals surface area contributed by atoms with Crippen LogP contribution in [-0.2, 0) is 10.6 Å². The van der Waals surface area contributed by atoms with Crippen molar-refractivity contribution in [3.05, 3.63) is 29.6 Å². The summed E-state index contributed by atoms with van der Waals surface area (Å²) in [6, 6.07) is 5.13. The van der Waals surface area contributed by atoms with Crippen LogP contribution in [0.3, 0.4) is 0 Å². The number of nitrogens with zero attached hydrogens (tertiary/aromatic N) is 1. The van der Waals surface area contributed by atoms with Crippen LogP contribution in [0.5, 0.6) is 0 Å². The number of halogens is 2. The Morgan fingerprint density at radius 1 is 1.50 bits per heavy atom. The molecule has 1 aromatic rings. The van der Waals surface area contributed by atoms with E-state index in [1.807, 2.05) is 6.07 Å². The Balaban J connectivity index is 2.24. The first-order valence-electron chi connectivity index (χ1n) is 6.28. The summed E-state index contributed by atoms with van der Waals surface area (Å²) >= 11 is 5.86. The molecule has 1 aliphatic rings. The Morgan fingerprint density at radius 2 is 2.28 bits per heavy atom. The Morgan fingerprint density at radius 3 is 2.94 bits per heavy atom. The van der Waals surface area contributed by atoms with Crippen molar-refractivity contribution in [2.45, 2.75) is 25.3 Å². The summed E-state index contributed by atoms with van der Waals surface area (Å²) in [5, 5.41) is 0. The summed E-state index contributed by atoms with van der Waals surface area (Å²) in [7, 11) is 1.73. The van der Waals surface area contributed by atoms with Gasteiger partial charge in [-0.25, -0.2) is 4.39 Å². The molecule has 1 saturated heterocycles. The first-order chi connectivity index (χ1) is 8.67. The van der Waals surface area contributed by atoms with Gasteiger partial charge in [0.25, 0.3) is 0 Å². The van der Waals surface area contributed by atoms with Gasteiger partial charge in [-0.3, -0.25) is 0 Å². The number of rotatable bonds is 3. The van der Waals surface area contributed by atoms with E-state index in [-0.39, 0.29) is 17.8 Å². The minimum Gasteiger partial charge on any atom is -0.379 e. The molecule has 1 heterocycles. The predicted molar refractivity (Wildman–Crippen MR) is 72.7 cm³/mol. The molecule has 0 spiro atoms. The van der Waals surface area contributed by atoms with Gasteiger partial charge in [-0.15, -0.1) is 11.6 Å². The zero-order valence-corrected chi connectivity index (χ0v) is 11.6. The van der Waals surface area contributed by atoms with Gasteiger partial charge >= 0.3 is 0 Å². The van der Waals surface area contributed by atoms with E-state index in [1.54, 1.807) is 13.2 Å². The summed E-state index contributed by atoms with van der Waals surface area (Å²) in [6.45, 7) is 3.92. The third-order valence-corrected chi connectivity index (χ3v) is 4.03. The van der Waals surface area contributed by atoms with E-state index in [0.29, 0.717) is 11.5 Å². The fourth-order valence-electron chi connectivity index (χ4n) is 2.54. The standard InChI is InChI=1S/C14H19ClFNO/c1-10-6-7-17(9-14(10)18-2)13-5-3-4-12(16)11(13)8-15/h3-5,10,14H,6-9H2,1-2H3. The van der Waals surface area contributed by atoms with Gasteiger partial charge in [0, 0.05) is 31.5 Å². The van der Waals surface area contributed by atoms with Crippen LogP contribution >= 0.6 is 11.6 Å². The van der Waals surface area contributed by atoms with Gasteiger partial charge in [0.2, 0.25) is 0 Å². The third-order valence-electron chi connectivity index (χ3n) is 3.76. The van der Waals surface area contributed by atoms with Gasteiger partial charge in [-0.1, -0.05) is 13.0 Å². The number of anilines is 1. The van der Waals surface area contributed by atoms with E-state index in [9.17, 15) is 4.39 Å². The Bertz CT molecular complexity index is 413. The first kappa shape index (κ1) is 13.6. The average molecular weight is 272 g/mol. The van der Waals surface area contributed by atoms with Gasteiger partial charge in [0.1, 0.15) is 5.82 Å². The minimum absolute atomic E-state index is 0.199. The van der Waals surface area contributed by atoms with Crippen molar-refractivity contribution in [3.8, 4) is 0 Å². The van der Waals surface area contributed by atoms with E-state index in [0.717, 1.165) is 25.2 Å². The summed E-state index contributed by atoms with van der Waals surface area (Å²) < 4.78 is 19.2. The molecule has 100 valence electrons. The summed E-state index contributed by atoms with van der Waals surface area (Å²) in [4.78, 5) is 2.18. The van der Waals surface area contributed by atoms with E-state index >= 15 is 0 Å². The molecule has 0 aliphatic carbocycles. The lowest BCUT2D eigenvalue weighted by molar-refractivity contribution is 0.0498. The zero-order valence-electron chi connectivity index (χ0n) is 10.8. The van der Waals surface area contributed by atoms with Crippen LogP contribution in [0.2, 0.25) is 0 Å². The second kappa shape index (κ2) is 5.89. The molecule has 18 heavy (non-hydrogen) atoms. The molecule has 0 radical (unpaired) electrons. The monoisotopic (exact) mass is 271 g/mol. The largest absolute Gasteiger partial charge is 0.379 e. The van der Waals surface area contributed by atoms with Crippen LogP contribution < -0.4 is 4.90 Å². The van der Waals surface area contributed by atoms with Gasteiger partial charge in [0.05, 0.1) is 12.0 Å². The fourth-order valence-corrected chi connectivity index (χ4v) is 2.80. The lowest BCUT2D eigenvalue weighted by Gasteiger charge is -2.38. The van der Waals surface area contributed by atoms with Crippen molar-refractivity contribution < 1.29 is 9.13 Å². The second-order valence-electron chi connectivity index (χ2n) is 4.86. The topological polar surface area (TPSA) is 12.5 Å². The average Bonchev–Trinajstić information content (AvgIpc) is 2.39. The minimum atomic E-state index is -0.227. The highest BCUT2D eigenvalue weighted by molar-refractivity contribution is 6.17. The molecule has 2 unspecified atom stereocenters. The molecular weight excluding hydrogens is 253 g/mol. The summed E-state index contributed by atoms with van der Waals surface area (Å²) in [5.41, 5.74) is 1.49. The van der Waals surface area contributed by atoms with Crippen LogP contribution in [-0.4, -0.2) is 26.3 Å². The SMILES string of the molecule is COC1CN(c2cccc(F)c2CCl)CCC1C. The van der Waals surface area contributed by atoms with Crippen LogP contribution in [0.15, 0.2) is 18.2 Å². The molecule has 2 rings (SSSR count).